The Bertz CT molecular complexity index is 1470. The van der Waals surface area contributed by atoms with Gasteiger partial charge in [0.2, 0.25) is 0 Å². The summed E-state index contributed by atoms with van der Waals surface area (Å²) in [7, 11) is 0. The number of rotatable bonds is 4. The monoisotopic (exact) mass is 433 g/mol. The van der Waals surface area contributed by atoms with Gasteiger partial charge in [-0.3, -0.25) is 0 Å². The topological polar surface area (TPSA) is 23.8 Å². The van der Waals surface area contributed by atoms with Gasteiger partial charge in [-0.15, -0.1) is 0 Å². The molecule has 0 radical (unpaired) electrons. The minimum absolute atomic E-state index is 0.366. The molecule has 0 saturated heterocycles. The first kappa shape index (κ1) is 20.2. The number of benzene rings is 5. The Morgan fingerprint density at radius 2 is 1.09 bits per heavy atom. The third-order valence-electron chi connectivity index (χ3n) is 7.01. The highest BCUT2D eigenvalue weighted by Gasteiger charge is 2.45. The summed E-state index contributed by atoms with van der Waals surface area (Å²) in [5, 5.41) is 9.13. The second kappa shape index (κ2) is 8.18. The summed E-state index contributed by atoms with van der Waals surface area (Å²) in [4.78, 5) is 0. The molecule has 5 aromatic carbocycles. The van der Waals surface area contributed by atoms with Crippen LogP contribution in [0.3, 0.4) is 0 Å². The number of fused-ring (bicyclic) bond motifs is 3. The minimum Gasteiger partial charge on any atom is -0.192 e. The summed E-state index contributed by atoms with van der Waals surface area (Å²) >= 11 is 0. The maximum absolute atomic E-state index is 9.13. The summed E-state index contributed by atoms with van der Waals surface area (Å²) in [6, 6.07) is 47.7. The molecule has 0 fully saturated rings. The average Bonchev–Trinajstić information content (AvgIpc) is 3.21. The minimum atomic E-state index is -0.366. The summed E-state index contributed by atoms with van der Waals surface area (Å²) in [5.41, 5.74) is 10.6. The van der Waals surface area contributed by atoms with E-state index in [1.165, 1.54) is 44.5 Å². The number of nitriles is 1. The Kier molecular flexibility index (Phi) is 4.86. The van der Waals surface area contributed by atoms with Gasteiger partial charge in [-0.1, -0.05) is 115 Å². The van der Waals surface area contributed by atoms with E-state index in [9.17, 15) is 0 Å². The molecule has 0 aliphatic heterocycles. The van der Waals surface area contributed by atoms with E-state index in [-0.39, 0.29) is 5.41 Å². The lowest BCUT2D eigenvalue weighted by Crippen LogP contribution is -2.28. The van der Waals surface area contributed by atoms with Crippen LogP contribution >= 0.6 is 0 Å². The predicted molar refractivity (Wildman–Crippen MR) is 138 cm³/mol. The third kappa shape index (κ3) is 3.08. The Hall–Kier alpha value is -4.41. The van der Waals surface area contributed by atoms with Crippen LogP contribution in [0, 0.1) is 11.3 Å². The largest absolute Gasteiger partial charge is 0.192 e. The molecular weight excluding hydrogens is 410 g/mol. The van der Waals surface area contributed by atoms with Gasteiger partial charge in [0.05, 0.1) is 17.0 Å². The smallest absolute Gasteiger partial charge is 0.0991 e. The van der Waals surface area contributed by atoms with Gasteiger partial charge in [0.25, 0.3) is 0 Å². The predicted octanol–water partition coefficient (Wildman–Crippen LogP) is 7.51. The van der Waals surface area contributed by atoms with Gasteiger partial charge in [-0.2, -0.15) is 5.26 Å². The highest BCUT2D eigenvalue weighted by Crippen LogP contribution is 2.56. The Morgan fingerprint density at radius 3 is 1.74 bits per heavy atom. The fraction of sp³-hybridized carbons (Fsp3) is 0.0606. The van der Waals surface area contributed by atoms with Crippen LogP contribution in [-0.2, 0) is 11.8 Å². The summed E-state index contributed by atoms with van der Waals surface area (Å²) in [5.74, 6) is 0. The second-order valence-electron chi connectivity index (χ2n) is 8.89. The lowest BCUT2D eigenvalue weighted by atomic mass is 9.67. The van der Waals surface area contributed by atoms with Crippen LogP contribution in [0.1, 0.15) is 38.9 Å². The van der Waals surface area contributed by atoms with E-state index < -0.39 is 0 Å². The molecule has 0 atom stereocenters. The number of hydrogen-bond acceptors (Lipinski definition) is 1. The van der Waals surface area contributed by atoms with Crippen LogP contribution in [0.4, 0.5) is 0 Å². The molecule has 160 valence electrons. The number of nitrogens with zero attached hydrogens (tertiary/aromatic N) is 1. The molecule has 0 spiro atoms. The molecule has 0 amide bonds. The van der Waals surface area contributed by atoms with E-state index in [1.807, 2.05) is 12.1 Å². The first-order valence-corrected chi connectivity index (χ1v) is 11.6. The van der Waals surface area contributed by atoms with Crippen molar-refractivity contribution in [2.75, 3.05) is 0 Å². The van der Waals surface area contributed by atoms with Gasteiger partial charge in [-0.05, 0) is 63.1 Å². The first-order chi connectivity index (χ1) is 16.8. The molecule has 0 heterocycles. The fourth-order valence-electron chi connectivity index (χ4n) is 5.53. The highest BCUT2D eigenvalue weighted by molar-refractivity contribution is 5.86. The summed E-state index contributed by atoms with van der Waals surface area (Å²) in [6.07, 6.45) is 0.828. The van der Waals surface area contributed by atoms with Gasteiger partial charge in [0.1, 0.15) is 0 Å². The Labute approximate surface area is 200 Å². The average molecular weight is 434 g/mol. The fourth-order valence-corrected chi connectivity index (χ4v) is 5.53. The van der Waals surface area contributed by atoms with Crippen molar-refractivity contribution in [3.05, 3.63) is 166 Å². The zero-order chi connectivity index (χ0) is 23.0. The van der Waals surface area contributed by atoms with Crippen LogP contribution in [0.25, 0.3) is 11.1 Å². The van der Waals surface area contributed by atoms with Gasteiger partial charge in [-0.25, -0.2) is 0 Å². The molecule has 0 aromatic heterocycles. The molecule has 34 heavy (non-hydrogen) atoms. The van der Waals surface area contributed by atoms with Gasteiger partial charge in [0, 0.05) is 0 Å². The van der Waals surface area contributed by atoms with E-state index in [1.54, 1.807) is 0 Å². The molecule has 1 nitrogen and oxygen atoms in total. The summed E-state index contributed by atoms with van der Waals surface area (Å²) < 4.78 is 0. The van der Waals surface area contributed by atoms with E-state index >= 15 is 0 Å². The van der Waals surface area contributed by atoms with Crippen molar-refractivity contribution < 1.29 is 0 Å². The molecule has 0 N–H and O–H groups in total. The van der Waals surface area contributed by atoms with Crippen LogP contribution in [0.15, 0.2) is 127 Å². The van der Waals surface area contributed by atoms with Gasteiger partial charge < -0.3 is 0 Å². The SMILES string of the molecule is N#Cc1ccc(Cc2ccc3c(c2)C(c2ccccc2)(c2ccccc2)c2ccccc2-3)cc1. The lowest BCUT2D eigenvalue weighted by molar-refractivity contribution is 0.767. The van der Waals surface area contributed by atoms with Crippen molar-refractivity contribution in [3.63, 3.8) is 0 Å². The molecule has 6 rings (SSSR count). The first-order valence-electron chi connectivity index (χ1n) is 11.6. The van der Waals surface area contributed by atoms with Crippen molar-refractivity contribution in [1.29, 1.82) is 5.26 Å². The molecular formula is C33H23N. The van der Waals surface area contributed by atoms with Crippen LogP contribution in [0.2, 0.25) is 0 Å². The van der Waals surface area contributed by atoms with Crippen molar-refractivity contribution in [2.45, 2.75) is 11.8 Å². The maximum Gasteiger partial charge on any atom is 0.0991 e. The van der Waals surface area contributed by atoms with Crippen molar-refractivity contribution in [2.24, 2.45) is 0 Å². The molecule has 1 aliphatic carbocycles. The Balaban J connectivity index is 1.60. The normalized spacial score (nSPS) is 13.0. The molecule has 1 aliphatic rings. The number of hydrogen-bond donors (Lipinski definition) is 0. The van der Waals surface area contributed by atoms with Crippen molar-refractivity contribution >= 4 is 0 Å². The molecule has 1 heteroatoms. The van der Waals surface area contributed by atoms with Crippen molar-refractivity contribution in [3.8, 4) is 17.2 Å². The maximum atomic E-state index is 9.13. The lowest BCUT2D eigenvalue weighted by Gasteiger charge is -2.34. The van der Waals surface area contributed by atoms with Gasteiger partial charge >= 0.3 is 0 Å². The van der Waals surface area contributed by atoms with E-state index in [2.05, 4.69) is 121 Å². The molecule has 0 unspecified atom stereocenters. The highest BCUT2D eigenvalue weighted by atomic mass is 14.5. The third-order valence-corrected chi connectivity index (χ3v) is 7.01. The zero-order valence-electron chi connectivity index (χ0n) is 18.8. The van der Waals surface area contributed by atoms with Crippen LogP contribution in [0.5, 0.6) is 0 Å². The van der Waals surface area contributed by atoms with E-state index in [0.29, 0.717) is 5.56 Å². The standard InChI is InChI=1S/C33H23N/c34-23-25-17-15-24(16-18-25)21-26-19-20-30-29-13-7-8-14-31(29)33(32(30)22-26,27-9-3-1-4-10-27)28-11-5-2-6-12-28/h1-20,22H,21H2. The van der Waals surface area contributed by atoms with E-state index in [0.717, 1.165) is 6.42 Å². The molecule has 5 aromatic rings. The second-order valence-corrected chi connectivity index (χ2v) is 8.89. The van der Waals surface area contributed by atoms with E-state index in [4.69, 9.17) is 5.26 Å². The van der Waals surface area contributed by atoms with Gasteiger partial charge in [0.15, 0.2) is 0 Å². The van der Waals surface area contributed by atoms with Crippen LogP contribution < -0.4 is 0 Å². The molecule has 0 saturated carbocycles. The summed E-state index contributed by atoms with van der Waals surface area (Å²) in [6.45, 7) is 0. The molecule has 0 bridgehead atoms. The Morgan fingerprint density at radius 1 is 0.529 bits per heavy atom. The van der Waals surface area contributed by atoms with Crippen molar-refractivity contribution in [1.82, 2.24) is 0 Å². The quantitative estimate of drug-likeness (QED) is 0.282. The zero-order valence-corrected chi connectivity index (χ0v) is 18.8. The van der Waals surface area contributed by atoms with Crippen LogP contribution in [-0.4, -0.2) is 0 Å².